The average Bonchev–Trinajstić information content (AvgIpc) is 2.99. The maximum absolute atomic E-state index is 13.2. The number of anilines is 1. The number of hydrogen-bond donors (Lipinski definition) is 0. The number of β-lactam (4-membered cyclic amide) rings is 1. The fourth-order valence-corrected chi connectivity index (χ4v) is 4.32. The fourth-order valence-electron chi connectivity index (χ4n) is 4.06. The van der Waals surface area contributed by atoms with Gasteiger partial charge in [0, 0.05) is 10.2 Å². The highest BCUT2D eigenvalue weighted by Gasteiger charge is 2.57. The first kappa shape index (κ1) is 17.8. The first-order chi connectivity index (χ1) is 14.1. The van der Waals surface area contributed by atoms with E-state index in [1.165, 1.54) is 0 Å². The van der Waals surface area contributed by atoms with Crippen LogP contribution >= 0.6 is 15.9 Å². The van der Waals surface area contributed by atoms with Gasteiger partial charge in [-0.1, -0.05) is 58.4 Å². The Balaban J connectivity index is 1.58. The van der Waals surface area contributed by atoms with E-state index in [1.54, 1.807) is 29.2 Å². The first-order valence-corrected chi connectivity index (χ1v) is 9.98. The molecule has 29 heavy (non-hydrogen) atoms. The lowest BCUT2D eigenvalue weighted by Gasteiger charge is -2.49. The Morgan fingerprint density at radius 1 is 0.621 bits per heavy atom. The van der Waals surface area contributed by atoms with E-state index >= 15 is 0 Å². The van der Waals surface area contributed by atoms with Gasteiger partial charge in [-0.15, -0.1) is 0 Å². The zero-order valence-electron chi connectivity index (χ0n) is 15.2. The van der Waals surface area contributed by atoms with Crippen molar-refractivity contribution in [1.29, 1.82) is 0 Å². The zero-order chi connectivity index (χ0) is 20.1. The Bertz CT molecular complexity index is 1110. The van der Waals surface area contributed by atoms with E-state index in [0.29, 0.717) is 11.1 Å². The fraction of sp³-hybridized carbons (Fsp3) is 0.0870. The maximum atomic E-state index is 13.2. The van der Waals surface area contributed by atoms with E-state index in [1.807, 2.05) is 54.6 Å². The molecular weight excluding hydrogens is 432 g/mol. The van der Waals surface area contributed by atoms with E-state index in [2.05, 4.69) is 15.9 Å². The molecule has 3 aromatic carbocycles. The van der Waals surface area contributed by atoms with Gasteiger partial charge < -0.3 is 4.90 Å². The number of halogens is 1. The van der Waals surface area contributed by atoms with Crippen LogP contribution in [0.1, 0.15) is 32.3 Å². The van der Waals surface area contributed by atoms with Gasteiger partial charge >= 0.3 is 0 Å². The van der Waals surface area contributed by atoms with Crippen LogP contribution in [0.25, 0.3) is 0 Å². The van der Waals surface area contributed by atoms with Crippen LogP contribution in [0.2, 0.25) is 0 Å². The maximum Gasteiger partial charge on any atom is 0.262 e. The van der Waals surface area contributed by atoms with Crippen LogP contribution in [0.5, 0.6) is 0 Å². The summed E-state index contributed by atoms with van der Waals surface area (Å²) in [5.74, 6) is -1.10. The van der Waals surface area contributed by atoms with Gasteiger partial charge in [0.2, 0.25) is 0 Å². The summed E-state index contributed by atoms with van der Waals surface area (Å²) in [6.45, 7) is 0. The summed E-state index contributed by atoms with van der Waals surface area (Å²) in [4.78, 5) is 42.0. The standard InChI is InChI=1S/C23H15BrN2O3/c24-15-10-12-16(13-11-15)25-19(14-6-2-1-3-7-14)20(23(25)29)26-21(27)17-8-4-5-9-18(17)22(26)28/h1-13,19-20H/t19-,20-/m0/s1. The third-order valence-electron chi connectivity index (χ3n) is 5.42. The van der Waals surface area contributed by atoms with Gasteiger partial charge in [0.05, 0.1) is 17.2 Å². The second-order valence-electron chi connectivity index (χ2n) is 7.01. The van der Waals surface area contributed by atoms with Crippen LogP contribution in [0.3, 0.4) is 0 Å². The molecule has 0 aromatic heterocycles. The SMILES string of the molecule is O=C1c2ccccc2C(=O)N1[C@@H]1C(=O)N(c2ccc(Br)cc2)[C@H]1c1ccccc1. The number of benzene rings is 3. The number of nitrogens with zero attached hydrogens (tertiary/aromatic N) is 2. The highest BCUT2D eigenvalue weighted by molar-refractivity contribution is 9.10. The molecule has 2 aliphatic rings. The summed E-state index contributed by atoms with van der Waals surface area (Å²) < 4.78 is 0.905. The molecule has 5 nitrogen and oxygen atoms in total. The van der Waals surface area contributed by atoms with Crippen molar-refractivity contribution in [2.45, 2.75) is 12.1 Å². The lowest BCUT2D eigenvalue weighted by Crippen LogP contribution is -2.67. The Kier molecular flexibility index (Phi) is 4.10. The van der Waals surface area contributed by atoms with Gasteiger partial charge in [-0.25, -0.2) is 0 Å². The molecule has 0 radical (unpaired) electrons. The molecule has 0 spiro atoms. The summed E-state index contributed by atoms with van der Waals surface area (Å²) in [5.41, 5.74) is 2.29. The smallest absolute Gasteiger partial charge is 0.262 e. The Hall–Kier alpha value is -3.25. The average molecular weight is 447 g/mol. The van der Waals surface area contributed by atoms with Gasteiger partial charge in [-0.2, -0.15) is 0 Å². The van der Waals surface area contributed by atoms with Crippen LogP contribution in [0.15, 0.2) is 83.3 Å². The number of carbonyl (C=O) groups excluding carboxylic acids is 3. The summed E-state index contributed by atoms with van der Waals surface area (Å²) in [6, 6.07) is 22.3. The van der Waals surface area contributed by atoms with Gasteiger partial charge in [0.25, 0.3) is 17.7 Å². The summed E-state index contributed by atoms with van der Waals surface area (Å²) in [7, 11) is 0. The topological polar surface area (TPSA) is 57.7 Å². The number of amides is 3. The Morgan fingerprint density at radius 2 is 1.17 bits per heavy atom. The number of fused-ring (bicyclic) bond motifs is 1. The zero-order valence-corrected chi connectivity index (χ0v) is 16.7. The number of rotatable bonds is 3. The minimum Gasteiger partial charge on any atom is -0.300 e. The second kappa shape index (κ2) is 6.67. The van der Waals surface area contributed by atoms with Gasteiger partial charge in [-0.05, 0) is 42.0 Å². The highest BCUT2D eigenvalue weighted by Crippen LogP contribution is 2.44. The predicted octanol–water partition coefficient (Wildman–Crippen LogP) is 4.20. The second-order valence-corrected chi connectivity index (χ2v) is 7.93. The third kappa shape index (κ3) is 2.63. The summed E-state index contributed by atoms with van der Waals surface area (Å²) in [5, 5.41) is 0. The molecule has 1 fully saturated rings. The van der Waals surface area contributed by atoms with E-state index in [9.17, 15) is 14.4 Å². The van der Waals surface area contributed by atoms with Crippen molar-refractivity contribution < 1.29 is 14.4 Å². The molecule has 2 aliphatic heterocycles. The molecule has 0 bridgehead atoms. The molecule has 3 amide bonds. The van der Waals surface area contributed by atoms with E-state index < -0.39 is 23.9 Å². The Morgan fingerprint density at radius 3 is 1.76 bits per heavy atom. The molecular formula is C23H15BrN2O3. The largest absolute Gasteiger partial charge is 0.300 e. The molecule has 0 aliphatic carbocycles. The summed E-state index contributed by atoms with van der Waals surface area (Å²) >= 11 is 3.41. The van der Waals surface area contributed by atoms with Crippen LogP contribution in [-0.2, 0) is 4.79 Å². The summed E-state index contributed by atoms with van der Waals surface area (Å²) in [6.07, 6.45) is 0. The molecule has 142 valence electrons. The molecule has 1 saturated heterocycles. The highest BCUT2D eigenvalue weighted by atomic mass is 79.9. The quantitative estimate of drug-likeness (QED) is 0.447. The lowest BCUT2D eigenvalue weighted by molar-refractivity contribution is -0.130. The van der Waals surface area contributed by atoms with Crippen LogP contribution in [0, 0.1) is 0 Å². The number of hydrogen-bond acceptors (Lipinski definition) is 3. The van der Waals surface area contributed by atoms with Gasteiger partial charge in [0.15, 0.2) is 0 Å². The molecule has 5 rings (SSSR count). The lowest BCUT2D eigenvalue weighted by atomic mass is 9.86. The van der Waals surface area contributed by atoms with Crippen LogP contribution in [-0.4, -0.2) is 28.7 Å². The van der Waals surface area contributed by atoms with E-state index in [4.69, 9.17) is 0 Å². The molecule has 0 N–H and O–H groups in total. The normalized spacial score (nSPS) is 20.7. The Labute approximate surface area is 175 Å². The van der Waals surface area contributed by atoms with Crippen molar-refractivity contribution in [3.63, 3.8) is 0 Å². The van der Waals surface area contributed by atoms with E-state index in [-0.39, 0.29) is 5.91 Å². The van der Waals surface area contributed by atoms with Crippen LogP contribution < -0.4 is 4.90 Å². The molecule has 3 aromatic rings. The third-order valence-corrected chi connectivity index (χ3v) is 5.95. The predicted molar refractivity (Wildman–Crippen MR) is 112 cm³/mol. The van der Waals surface area contributed by atoms with Crippen molar-refractivity contribution >= 4 is 39.3 Å². The minimum atomic E-state index is -0.867. The number of imide groups is 1. The molecule has 2 heterocycles. The monoisotopic (exact) mass is 446 g/mol. The van der Waals surface area contributed by atoms with Crippen molar-refractivity contribution in [2.24, 2.45) is 0 Å². The molecule has 0 unspecified atom stereocenters. The molecule has 2 atom stereocenters. The van der Waals surface area contributed by atoms with Crippen LogP contribution in [0.4, 0.5) is 5.69 Å². The molecule has 0 saturated carbocycles. The number of carbonyl (C=O) groups is 3. The molecule has 6 heteroatoms. The van der Waals surface area contributed by atoms with Crippen molar-refractivity contribution in [3.8, 4) is 0 Å². The van der Waals surface area contributed by atoms with Crippen molar-refractivity contribution in [1.82, 2.24) is 4.90 Å². The van der Waals surface area contributed by atoms with E-state index in [0.717, 1.165) is 20.6 Å². The minimum absolute atomic E-state index is 0.268. The van der Waals surface area contributed by atoms with Gasteiger partial charge in [-0.3, -0.25) is 19.3 Å². The van der Waals surface area contributed by atoms with Gasteiger partial charge in [0.1, 0.15) is 6.04 Å². The first-order valence-electron chi connectivity index (χ1n) is 9.18. The van der Waals surface area contributed by atoms with Crippen molar-refractivity contribution in [3.05, 3.63) is 100 Å². The van der Waals surface area contributed by atoms with Crippen molar-refractivity contribution in [2.75, 3.05) is 4.90 Å².